The molecule has 30 heavy (non-hydrogen) atoms. The molecule has 0 radical (unpaired) electrons. The number of carbonyl (C=O) groups excluding carboxylic acids is 1. The molecule has 1 N–H and O–H groups in total. The number of nitrogens with zero attached hydrogens (tertiary/aromatic N) is 2. The van der Waals surface area contributed by atoms with Gasteiger partial charge < -0.3 is 5.32 Å². The van der Waals surface area contributed by atoms with Gasteiger partial charge in [0.1, 0.15) is 4.21 Å². The fourth-order valence-corrected chi connectivity index (χ4v) is 7.16. The zero-order chi connectivity index (χ0) is 21.3. The molecule has 2 aromatic heterocycles. The van der Waals surface area contributed by atoms with Crippen LogP contribution in [0.5, 0.6) is 0 Å². The summed E-state index contributed by atoms with van der Waals surface area (Å²) in [4.78, 5) is 17.2. The number of anilines is 1. The zero-order valence-electron chi connectivity index (χ0n) is 15.5. The minimum atomic E-state index is -3.56. The van der Waals surface area contributed by atoms with E-state index in [0.717, 1.165) is 5.56 Å². The second-order valence-corrected chi connectivity index (χ2v) is 11.6. The number of carbonyl (C=O) groups is 1. The average molecular weight is 502 g/mol. The predicted molar refractivity (Wildman–Crippen MR) is 122 cm³/mol. The number of thiophene rings is 1. The first-order valence-corrected chi connectivity index (χ1v) is 13.1. The lowest BCUT2D eigenvalue weighted by atomic mass is 9.99. The van der Waals surface area contributed by atoms with Gasteiger partial charge in [0.25, 0.3) is 10.0 Å². The minimum Gasteiger partial charge on any atom is -0.302 e. The normalized spacial score (nSPS) is 17.7. The van der Waals surface area contributed by atoms with Gasteiger partial charge in [0.05, 0.1) is 16.6 Å². The van der Waals surface area contributed by atoms with E-state index in [1.54, 1.807) is 41.1 Å². The van der Waals surface area contributed by atoms with E-state index in [1.807, 2.05) is 0 Å². The summed E-state index contributed by atoms with van der Waals surface area (Å²) < 4.78 is 27.2. The van der Waals surface area contributed by atoms with Crippen LogP contribution in [0.15, 0.2) is 45.3 Å². The number of halogens is 2. The van der Waals surface area contributed by atoms with E-state index < -0.39 is 15.9 Å². The molecule has 1 amide bonds. The molecule has 1 aliphatic heterocycles. The maximum atomic E-state index is 12.8. The Hall–Kier alpha value is -1.49. The average Bonchev–Trinajstić information content (AvgIpc) is 3.41. The smallest absolute Gasteiger partial charge is 0.252 e. The van der Waals surface area contributed by atoms with E-state index >= 15 is 0 Å². The third-order valence-corrected chi connectivity index (χ3v) is 9.33. The summed E-state index contributed by atoms with van der Waals surface area (Å²) in [6.45, 7) is 0.577. The molecule has 4 rings (SSSR count). The number of rotatable bonds is 5. The molecule has 3 aromatic rings. The lowest BCUT2D eigenvalue weighted by Crippen LogP contribution is -2.43. The third-order valence-electron chi connectivity index (χ3n) is 4.79. The number of hydrogen-bond donors (Lipinski definition) is 1. The second kappa shape index (κ2) is 8.94. The van der Waals surface area contributed by atoms with Crippen molar-refractivity contribution in [3.8, 4) is 11.3 Å². The molecular weight excluding hydrogens is 485 g/mol. The van der Waals surface area contributed by atoms with Gasteiger partial charge in [0.15, 0.2) is 5.13 Å². The van der Waals surface area contributed by atoms with Gasteiger partial charge >= 0.3 is 0 Å². The van der Waals surface area contributed by atoms with Crippen molar-refractivity contribution in [3.05, 3.63) is 51.1 Å². The highest BCUT2D eigenvalue weighted by Gasteiger charge is 2.34. The van der Waals surface area contributed by atoms with Crippen LogP contribution in [0, 0.1) is 5.92 Å². The monoisotopic (exact) mass is 501 g/mol. The summed E-state index contributed by atoms with van der Waals surface area (Å²) in [6, 6.07) is 8.44. The molecule has 0 aliphatic carbocycles. The van der Waals surface area contributed by atoms with Crippen molar-refractivity contribution in [1.29, 1.82) is 0 Å². The fraction of sp³-hybridized carbons (Fsp3) is 0.263. The zero-order valence-corrected chi connectivity index (χ0v) is 19.5. The first-order chi connectivity index (χ1) is 14.3. The second-order valence-electron chi connectivity index (χ2n) is 6.79. The quantitative estimate of drug-likeness (QED) is 0.519. The molecule has 1 aromatic carbocycles. The van der Waals surface area contributed by atoms with Crippen molar-refractivity contribution in [2.75, 3.05) is 18.4 Å². The molecule has 1 fully saturated rings. The summed E-state index contributed by atoms with van der Waals surface area (Å²) in [5.74, 6) is -0.663. The topological polar surface area (TPSA) is 79.4 Å². The fourth-order valence-electron chi connectivity index (χ4n) is 3.27. The SMILES string of the molecule is O=C(Nc1nc(-c2ccc(Cl)cc2Cl)cs1)C1CCCN(S(=O)(=O)c2cccs2)C1. The number of aromatic nitrogens is 1. The molecule has 158 valence electrons. The number of thiazole rings is 1. The Morgan fingerprint density at radius 1 is 1.23 bits per heavy atom. The third kappa shape index (κ3) is 4.56. The van der Waals surface area contributed by atoms with Gasteiger partial charge in [-0.15, -0.1) is 22.7 Å². The Morgan fingerprint density at radius 2 is 2.07 bits per heavy atom. The van der Waals surface area contributed by atoms with Crippen LogP contribution in [0.1, 0.15) is 12.8 Å². The molecule has 1 saturated heterocycles. The van der Waals surface area contributed by atoms with Crippen molar-refractivity contribution in [3.63, 3.8) is 0 Å². The molecule has 3 heterocycles. The molecule has 6 nitrogen and oxygen atoms in total. The van der Waals surface area contributed by atoms with E-state index in [4.69, 9.17) is 23.2 Å². The number of piperidine rings is 1. The van der Waals surface area contributed by atoms with Crippen LogP contribution in [0.3, 0.4) is 0 Å². The summed E-state index contributed by atoms with van der Waals surface area (Å²) in [6.07, 6.45) is 1.26. The summed E-state index contributed by atoms with van der Waals surface area (Å²) >= 11 is 14.6. The maximum Gasteiger partial charge on any atom is 0.252 e. The van der Waals surface area contributed by atoms with Gasteiger partial charge in [-0.25, -0.2) is 13.4 Å². The molecular formula is C19H17Cl2N3O3S3. The summed E-state index contributed by atoms with van der Waals surface area (Å²) in [5, 5.41) is 7.81. The highest BCUT2D eigenvalue weighted by atomic mass is 35.5. The van der Waals surface area contributed by atoms with Crippen LogP contribution in [-0.4, -0.2) is 36.7 Å². The molecule has 1 unspecified atom stereocenters. The van der Waals surface area contributed by atoms with Gasteiger partial charge in [-0.3, -0.25) is 4.79 Å². The highest BCUT2D eigenvalue weighted by Crippen LogP contribution is 2.33. The number of benzene rings is 1. The van der Waals surface area contributed by atoms with Gasteiger partial charge in [0.2, 0.25) is 5.91 Å². The van der Waals surface area contributed by atoms with Crippen molar-refractivity contribution in [2.24, 2.45) is 5.92 Å². The number of sulfonamides is 1. The van der Waals surface area contributed by atoms with Crippen LogP contribution >= 0.6 is 45.9 Å². The first kappa shape index (κ1) is 21.7. The lowest BCUT2D eigenvalue weighted by molar-refractivity contribution is -0.120. The van der Waals surface area contributed by atoms with E-state index in [2.05, 4.69) is 10.3 Å². The van der Waals surface area contributed by atoms with Crippen LogP contribution < -0.4 is 5.32 Å². The van der Waals surface area contributed by atoms with Crippen molar-refractivity contribution in [1.82, 2.24) is 9.29 Å². The summed E-state index contributed by atoms with van der Waals surface area (Å²) in [7, 11) is -3.56. The van der Waals surface area contributed by atoms with Crippen molar-refractivity contribution >= 4 is 66.9 Å². The first-order valence-electron chi connectivity index (χ1n) is 9.10. The van der Waals surface area contributed by atoms with Crippen LogP contribution in [0.25, 0.3) is 11.3 Å². The molecule has 0 saturated carbocycles. The van der Waals surface area contributed by atoms with E-state index in [1.165, 1.54) is 27.0 Å². The highest BCUT2D eigenvalue weighted by molar-refractivity contribution is 7.91. The Balaban J connectivity index is 1.45. The molecule has 1 aliphatic rings. The minimum absolute atomic E-state index is 0.160. The van der Waals surface area contributed by atoms with Gasteiger partial charge in [0, 0.05) is 29.1 Å². The molecule has 1 atom stereocenters. The number of hydrogen-bond acceptors (Lipinski definition) is 6. The van der Waals surface area contributed by atoms with E-state index in [9.17, 15) is 13.2 Å². The van der Waals surface area contributed by atoms with Crippen LogP contribution in [0.4, 0.5) is 5.13 Å². The van der Waals surface area contributed by atoms with E-state index in [0.29, 0.717) is 44.5 Å². The van der Waals surface area contributed by atoms with Gasteiger partial charge in [-0.2, -0.15) is 4.31 Å². The Kier molecular flexibility index (Phi) is 6.47. The van der Waals surface area contributed by atoms with Crippen molar-refractivity contribution in [2.45, 2.75) is 17.1 Å². The maximum absolute atomic E-state index is 12.8. The summed E-state index contributed by atoms with van der Waals surface area (Å²) in [5.41, 5.74) is 1.37. The lowest BCUT2D eigenvalue weighted by Gasteiger charge is -2.30. The largest absolute Gasteiger partial charge is 0.302 e. The van der Waals surface area contributed by atoms with Gasteiger partial charge in [-0.05, 0) is 42.5 Å². The Morgan fingerprint density at radius 3 is 2.80 bits per heavy atom. The molecule has 0 bridgehead atoms. The molecule has 0 spiro atoms. The van der Waals surface area contributed by atoms with Gasteiger partial charge in [-0.1, -0.05) is 29.3 Å². The Bertz CT molecular complexity index is 1160. The number of nitrogens with one attached hydrogen (secondary N) is 1. The predicted octanol–water partition coefficient (Wildman–Crippen LogP) is 5.22. The van der Waals surface area contributed by atoms with Crippen molar-refractivity contribution < 1.29 is 13.2 Å². The van der Waals surface area contributed by atoms with E-state index in [-0.39, 0.29) is 12.5 Å². The van der Waals surface area contributed by atoms with Crippen LogP contribution in [-0.2, 0) is 14.8 Å². The number of amides is 1. The molecule has 11 heteroatoms. The van der Waals surface area contributed by atoms with Crippen LogP contribution in [0.2, 0.25) is 10.0 Å². The standard InChI is InChI=1S/C19H17Cl2N3O3S3/c20-13-5-6-14(15(21)9-13)16-11-29-19(22-16)23-18(25)12-3-1-7-24(10-12)30(26,27)17-4-2-8-28-17/h2,4-6,8-9,11-12H,1,3,7,10H2,(H,22,23,25). The Labute approximate surface area is 192 Å².